The average Bonchev–Trinajstić information content (AvgIpc) is 2.28. The van der Waals surface area contributed by atoms with Gasteiger partial charge in [-0.3, -0.25) is 0 Å². The maximum absolute atomic E-state index is 6.08. The normalized spacial score (nSPS) is 18.3. The molecule has 1 fully saturated rings. The molecule has 18 heavy (non-hydrogen) atoms. The van der Waals surface area contributed by atoms with Crippen LogP contribution in [0.3, 0.4) is 0 Å². The van der Waals surface area contributed by atoms with Crippen molar-refractivity contribution in [2.75, 3.05) is 6.61 Å². The van der Waals surface area contributed by atoms with E-state index in [-0.39, 0.29) is 0 Å². The zero-order chi connectivity index (χ0) is 13.6. The van der Waals surface area contributed by atoms with E-state index in [0.29, 0.717) is 5.04 Å². The van der Waals surface area contributed by atoms with E-state index < -0.39 is 8.32 Å². The number of hydrogen-bond donors (Lipinski definition) is 0. The fourth-order valence-corrected chi connectivity index (χ4v) is 2.95. The summed E-state index contributed by atoms with van der Waals surface area (Å²) in [6, 6.07) is 0. The molecule has 0 aliphatic heterocycles. The van der Waals surface area contributed by atoms with Crippen LogP contribution in [0.4, 0.5) is 0 Å². The third kappa shape index (κ3) is 5.13. The van der Waals surface area contributed by atoms with Gasteiger partial charge < -0.3 is 4.43 Å². The molecule has 1 aliphatic rings. The smallest absolute Gasteiger partial charge is 0.192 e. The van der Waals surface area contributed by atoms with Gasteiger partial charge in [0.05, 0.1) is 6.61 Å². The van der Waals surface area contributed by atoms with Crippen LogP contribution >= 0.6 is 0 Å². The third-order valence-electron chi connectivity index (χ3n) is 4.43. The molecule has 1 saturated carbocycles. The summed E-state index contributed by atoms with van der Waals surface area (Å²) in [5, 5.41) is 0.300. The molecule has 0 aromatic rings. The highest BCUT2D eigenvalue weighted by Gasteiger charge is 2.36. The minimum atomic E-state index is -1.58. The molecule has 1 aliphatic carbocycles. The first-order valence-electron chi connectivity index (χ1n) is 7.38. The topological polar surface area (TPSA) is 9.23 Å². The van der Waals surface area contributed by atoms with Crippen molar-refractivity contribution in [1.82, 2.24) is 0 Å². The molecule has 0 unspecified atom stereocenters. The zero-order valence-corrected chi connectivity index (χ0v) is 13.9. The maximum Gasteiger partial charge on any atom is 0.192 e. The first-order valence-corrected chi connectivity index (χ1v) is 10.3. The molecule has 1 nitrogen and oxygen atoms in total. The van der Waals surface area contributed by atoms with Crippen molar-refractivity contribution >= 4 is 8.32 Å². The summed E-state index contributed by atoms with van der Waals surface area (Å²) in [6.07, 6.45) is 11.2. The third-order valence-corrected chi connectivity index (χ3v) is 8.93. The standard InChI is InChI=1S/C16H30OSi/c1-16(2,3)18(4,5)17-14-10-9-13-15-11-7-6-8-12-15/h10,13,15H,6-8,11-12,14H2,1-5H3. The van der Waals surface area contributed by atoms with Gasteiger partial charge >= 0.3 is 0 Å². The van der Waals surface area contributed by atoms with Gasteiger partial charge in [-0.15, -0.1) is 5.73 Å². The number of hydrogen-bond acceptors (Lipinski definition) is 1. The maximum atomic E-state index is 6.08. The van der Waals surface area contributed by atoms with E-state index in [1.54, 1.807) is 0 Å². The van der Waals surface area contributed by atoms with Crippen LogP contribution < -0.4 is 0 Å². The van der Waals surface area contributed by atoms with Crippen LogP contribution in [0.15, 0.2) is 17.9 Å². The molecule has 0 amide bonds. The first kappa shape index (κ1) is 15.8. The molecular formula is C16H30OSi. The average molecular weight is 267 g/mol. The van der Waals surface area contributed by atoms with Gasteiger partial charge in [-0.1, -0.05) is 40.0 Å². The van der Waals surface area contributed by atoms with E-state index >= 15 is 0 Å². The summed E-state index contributed by atoms with van der Waals surface area (Å²) in [5.74, 6) is 0.767. The van der Waals surface area contributed by atoms with Crippen molar-refractivity contribution in [1.29, 1.82) is 0 Å². The molecule has 0 spiro atoms. The second-order valence-electron chi connectivity index (χ2n) is 7.01. The van der Waals surface area contributed by atoms with Crippen LogP contribution in [-0.2, 0) is 4.43 Å². The quantitative estimate of drug-likeness (QED) is 0.495. The van der Waals surface area contributed by atoms with Crippen LogP contribution in [0.2, 0.25) is 18.1 Å². The predicted molar refractivity (Wildman–Crippen MR) is 82.4 cm³/mol. The van der Waals surface area contributed by atoms with Crippen molar-refractivity contribution in [3.63, 3.8) is 0 Å². The van der Waals surface area contributed by atoms with Gasteiger partial charge in [-0.25, -0.2) is 0 Å². The summed E-state index contributed by atoms with van der Waals surface area (Å²) in [7, 11) is -1.58. The number of rotatable bonds is 4. The Bertz CT molecular complexity index is 300. The predicted octanol–water partition coefficient (Wildman–Crippen LogP) is 5.30. The highest BCUT2D eigenvalue weighted by molar-refractivity contribution is 6.74. The lowest BCUT2D eigenvalue weighted by molar-refractivity contribution is 0.328. The highest BCUT2D eigenvalue weighted by Crippen LogP contribution is 2.36. The molecule has 0 atom stereocenters. The SMILES string of the molecule is CC(C)(C)[Si](C)(C)OCC=C=CC1CCCCC1. The molecule has 0 aromatic carbocycles. The Morgan fingerprint density at radius 1 is 1.17 bits per heavy atom. The highest BCUT2D eigenvalue weighted by atomic mass is 28.4. The molecular weight excluding hydrogens is 236 g/mol. The summed E-state index contributed by atoms with van der Waals surface area (Å²) < 4.78 is 6.08. The molecule has 0 heterocycles. The Hall–Kier alpha value is -0.303. The van der Waals surface area contributed by atoms with Crippen molar-refractivity contribution in [3.8, 4) is 0 Å². The van der Waals surface area contributed by atoms with Gasteiger partial charge in [0, 0.05) is 0 Å². The Morgan fingerprint density at radius 2 is 1.78 bits per heavy atom. The van der Waals surface area contributed by atoms with Crippen LogP contribution in [0.1, 0.15) is 52.9 Å². The molecule has 0 N–H and O–H groups in total. The minimum absolute atomic E-state index is 0.300. The van der Waals surface area contributed by atoms with Gasteiger partial charge in [0.15, 0.2) is 8.32 Å². The van der Waals surface area contributed by atoms with E-state index in [1.807, 2.05) is 0 Å². The van der Waals surface area contributed by atoms with Crippen molar-refractivity contribution < 1.29 is 4.43 Å². The van der Waals surface area contributed by atoms with Gasteiger partial charge in [-0.2, -0.15) is 0 Å². The van der Waals surface area contributed by atoms with Crippen LogP contribution in [0.5, 0.6) is 0 Å². The van der Waals surface area contributed by atoms with Gasteiger partial charge in [0.2, 0.25) is 0 Å². The molecule has 0 aromatic heterocycles. The van der Waals surface area contributed by atoms with E-state index in [0.717, 1.165) is 12.5 Å². The Labute approximate surface area is 114 Å². The van der Waals surface area contributed by atoms with Crippen LogP contribution in [0.25, 0.3) is 0 Å². The molecule has 2 heteroatoms. The van der Waals surface area contributed by atoms with E-state index in [4.69, 9.17) is 4.43 Å². The summed E-state index contributed by atoms with van der Waals surface area (Å²) >= 11 is 0. The van der Waals surface area contributed by atoms with Gasteiger partial charge in [0.25, 0.3) is 0 Å². The summed E-state index contributed by atoms with van der Waals surface area (Å²) in [6.45, 7) is 12.2. The molecule has 1 rings (SSSR count). The lowest BCUT2D eigenvalue weighted by Crippen LogP contribution is -2.40. The lowest BCUT2D eigenvalue weighted by atomic mass is 9.89. The van der Waals surface area contributed by atoms with Gasteiger partial charge in [-0.05, 0) is 49.0 Å². The largest absolute Gasteiger partial charge is 0.413 e. The monoisotopic (exact) mass is 266 g/mol. The van der Waals surface area contributed by atoms with Crippen LogP contribution in [0, 0.1) is 5.92 Å². The zero-order valence-electron chi connectivity index (χ0n) is 12.9. The Kier molecular flexibility index (Phi) is 5.90. The van der Waals surface area contributed by atoms with E-state index in [9.17, 15) is 0 Å². The fraction of sp³-hybridized carbons (Fsp3) is 0.812. The Morgan fingerprint density at radius 3 is 2.33 bits per heavy atom. The summed E-state index contributed by atoms with van der Waals surface area (Å²) in [5.41, 5.74) is 3.33. The minimum Gasteiger partial charge on any atom is -0.413 e. The molecule has 0 saturated heterocycles. The molecule has 0 radical (unpaired) electrons. The van der Waals surface area contributed by atoms with Crippen molar-refractivity contribution in [2.24, 2.45) is 5.92 Å². The first-order chi connectivity index (χ1) is 8.33. The Balaban J connectivity index is 2.34. The van der Waals surface area contributed by atoms with Crippen LogP contribution in [-0.4, -0.2) is 14.9 Å². The van der Waals surface area contributed by atoms with Gasteiger partial charge in [0.1, 0.15) is 0 Å². The fourth-order valence-electron chi connectivity index (χ4n) is 2.02. The van der Waals surface area contributed by atoms with Crippen molar-refractivity contribution in [2.45, 2.75) is 71.0 Å². The van der Waals surface area contributed by atoms with Crippen molar-refractivity contribution in [3.05, 3.63) is 17.9 Å². The second-order valence-corrected chi connectivity index (χ2v) is 11.8. The molecule has 104 valence electrons. The molecule has 0 bridgehead atoms. The second kappa shape index (κ2) is 6.74. The van der Waals surface area contributed by atoms with E-state index in [1.165, 1.54) is 32.1 Å². The lowest BCUT2D eigenvalue weighted by Gasteiger charge is -2.35. The van der Waals surface area contributed by atoms with E-state index in [2.05, 4.69) is 51.7 Å². The summed E-state index contributed by atoms with van der Waals surface area (Å²) in [4.78, 5) is 0.